The number of hydrogen-bond acceptors (Lipinski definition) is 0. The van der Waals surface area contributed by atoms with E-state index >= 15 is 0 Å². The third kappa shape index (κ3) is 4.17. The van der Waals surface area contributed by atoms with Crippen LogP contribution >= 0.6 is 23.2 Å². The quantitative estimate of drug-likeness (QED) is 0.516. The molecular weight excluding hydrogens is 131 g/mol. The molecule has 0 saturated carbocycles. The van der Waals surface area contributed by atoms with Crippen molar-refractivity contribution in [2.24, 2.45) is 0 Å². The Morgan fingerprint density at radius 2 is 2.29 bits per heavy atom. The molecule has 0 atom stereocenters. The van der Waals surface area contributed by atoms with Crippen LogP contribution in [0, 0.1) is 0 Å². The summed E-state index contributed by atoms with van der Waals surface area (Å²) < 4.78 is 0. The maximum atomic E-state index is 5.38. The first-order valence-corrected chi connectivity index (χ1v) is 3.10. The summed E-state index contributed by atoms with van der Waals surface area (Å²) >= 11 is 10.7. The van der Waals surface area contributed by atoms with E-state index in [9.17, 15) is 0 Å². The summed E-state index contributed by atoms with van der Waals surface area (Å²) in [5.41, 5.74) is 2.69. The molecule has 0 radical (unpaired) electrons. The minimum atomic E-state index is 0.662. The van der Waals surface area contributed by atoms with Gasteiger partial charge in [-0.15, -0.1) is 11.6 Å². The lowest BCUT2D eigenvalue weighted by atomic mass is 10.3. The molecule has 0 unspecified atom stereocenters. The number of rotatable bonds is 2. The first-order chi connectivity index (χ1) is 3.31. The lowest BCUT2D eigenvalue weighted by molar-refractivity contribution is 1.11. The molecule has 0 aromatic rings. The van der Waals surface area contributed by atoms with Crippen molar-refractivity contribution in [1.29, 1.82) is 0 Å². The summed E-state index contributed by atoms with van der Waals surface area (Å²) in [5, 5.41) is 0. The van der Waals surface area contributed by atoms with Gasteiger partial charge in [-0.25, -0.2) is 0 Å². The van der Waals surface area contributed by atoms with Crippen LogP contribution in [-0.2, 0) is 0 Å². The third-order valence-corrected chi connectivity index (χ3v) is 1.24. The van der Waals surface area contributed by atoms with E-state index in [2.05, 4.69) is 0 Å². The number of hydrogen-bond donors (Lipinski definition) is 0. The Morgan fingerprint density at radius 3 is 2.43 bits per heavy atom. The number of allylic oxidation sites excluding steroid dienone is 1. The fourth-order valence-corrected chi connectivity index (χ4v) is 0.611. The maximum absolute atomic E-state index is 5.38. The molecule has 7 heavy (non-hydrogen) atoms. The highest BCUT2D eigenvalue weighted by molar-refractivity contribution is 6.25. The van der Waals surface area contributed by atoms with Crippen LogP contribution in [0.2, 0.25) is 0 Å². The first kappa shape index (κ1) is 7.32. The van der Waals surface area contributed by atoms with Gasteiger partial charge in [-0.3, -0.25) is 0 Å². The summed E-state index contributed by atoms with van der Waals surface area (Å²) in [6.45, 7) is 1.95. The van der Waals surface area contributed by atoms with E-state index in [4.69, 9.17) is 23.2 Å². The Morgan fingerprint density at radius 1 is 1.71 bits per heavy atom. The molecule has 0 fully saturated rings. The summed E-state index contributed by atoms with van der Waals surface area (Å²) in [4.78, 5) is 0. The van der Waals surface area contributed by atoms with Crippen LogP contribution in [0.25, 0.3) is 0 Å². The predicted octanol–water partition coefficient (Wildman–Crippen LogP) is 2.76. The molecule has 0 amide bonds. The molecule has 0 aromatic carbocycles. The van der Waals surface area contributed by atoms with Crippen LogP contribution < -0.4 is 0 Å². The Hall–Kier alpha value is 0.320. The van der Waals surface area contributed by atoms with E-state index in [1.807, 2.05) is 6.92 Å². The van der Waals surface area contributed by atoms with E-state index in [-0.39, 0.29) is 0 Å². The zero-order valence-corrected chi connectivity index (χ0v) is 5.76. The van der Waals surface area contributed by atoms with Gasteiger partial charge in [-0.05, 0) is 13.3 Å². The van der Waals surface area contributed by atoms with E-state index in [1.165, 1.54) is 0 Å². The third-order valence-electron chi connectivity index (χ3n) is 0.675. The Labute approximate surface area is 54.1 Å². The molecule has 0 aliphatic rings. The molecule has 0 aromatic heterocycles. The highest BCUT2D eigenvalue weighted by Crippen LogP contribution is 2.01. The summed E-state index contributed by atoms with van der Waals surface area (Å²) in [5.74, 6) is 0.662. The van der Waals surface area contributed by atoms with E-state index in [0.29, 0.717) is 5.88 Å². The fraction of sp³-hybridized carbons (Fsp3) is 0.600. The van der Waals surface area contributed by atoms with E-state index < -0.39 is 0 Å². The van der Waals surface area contributed by atoms with Crippen molar-refractivity contribution in [2.45, 2.75) is 13.3 Å². The summed E-state index contributed by atoms with van der Waals surface area (Å²) in [7, 11) is 0. The SMILES string of the molecule is C/C(=C\Cl)CCCl. The van der Waals surface area contributed by atoms with Crippen molar-refractivity contribution in [3.63, 3.8) is 0 Å². The summed E-state index contributed by atoms with van der Waals surface area (Å²) in [6.07, 6.45) is 0.894. The molecule has 0 aliphatic carbocycles. The van der Waals surface area contributed by atoms with Crippen molar-refractivity contribution in [1.82, 2.24) is 0 Å². The van der Waals surface area contributed by atoms with Gasteiger partial charge in [-0.1, -0.05) is 17.2 Å². The molecular formula is C5H8Cl2. The largest absolute Gasteiger partial charge is 0.126 e. The van der Waals surface area contributed by atoms with Crippen molar-refractivity contribution in [3.8, 4) is 0 Å². The molecule has 0 N–H and O–H groups in total. The second-order valence-electron chi connectivity index (χ2n) is 1.39. The van der Waals surface area contributed by atoms with Gasteiger partial charge in [0.1, 0.15) is 0 Å². The molecule has 2 heteroatoms. The van der Waals surface area contributed by atoms with Crippen LogP contribution in [0.5, 0.6) is 0 Å². The van der Waals surface area contributed by atoms with Gasteiger partial charge >= 0.3 is 0 Å². The minimum Gasteiger partial charge on any atom is -0.126 e. The van der Waals surface area contributed by atoms with Gasteiger partial charge in [0, 0.05) is 11.4 Å². The number of halogens is 2. The van der Waals surface area contributed by atoms with Gasteiger partial charge in [0.05, 0.1) is 0 Å². The molecule has 0 aliphatic heterocycles. The second-order valence-corrected chi connectivity index (χ2v) is 1.99. The highest BCUT2D eigenvalue weighted by atomic mass is 35.5. The summed E-state index contributed by atoms with van der Waals surface area (Å²) in [6, 6.07) is 0. The maximum Gasteiger partial charge on any atom is 0.0260 e. The monoisotopic (exact) mass is 138 g/mol. The van der Waals surface area contributed by atoms with Crippen molar-refractivity contribution in [3.05, 3.63) is 11.1 Å². The fourth-order valence-electron chi connectivity index (χ4n) is 0.204. The average Bonchev–Trinajstić information content (AvgIpc) is 1.68. The molecule has 0 bridgehead atoms. The van der Waals surface area contributed by atoms with Crippen LogP contribution in [0.3, 0.4) is 0 Å². The first-order valence-electron chi connectivity index (χ1n) is 2.13. The predicted molar refractivity (Wildman–Crippen MR) is 34.9 cm³/mol. The second kappa shape index (κ2) is 4.48. The van der Waals surface area contributed by atoms with Crippen molar-refractivity contribution in [2.75, 3.05) is 5.88 Å². The van der Waals surface area contributed by atoms with E-state index in [1.54, 1.807) is 5.54 Å². The normalized spacial score (nSPS) is 12.1. The van der Waals surface area contributed by atoms with Gasteiger partial charge < -0.3 is 0 Å². The standard InChI is InChI=1S/C5H8Cl2/c1-5(4-7)2-3-6/h4H,2-3H2,1H3/b5-4+. The minimum absolute atomic E-state index is 0.662. The molecule has 0 saturated heterocycles. The van der Waals surface area contributed by atoms with Crippen LogP contribution in [-0.4, -0.2) is 5.88 Å². The van der Waals surface area contributed by atoms with Gasteiger partial charge in [-0.2, -0.15) is 0 Å². The smallest absolute Gasteiger partial charge is 0.0260 e. The van der Waals surface area contributed by atoms with Gasteiger partial charge in [0.25, 0.3) is 0 Å². The molecule has 0 nitrogen and oxygen atoms in total. The van der Waals surface area contributed by atoms with Crippen molar-refractivity contribution >= 4 is 23.2 Å². The topological polar surface area (TPSA) is 0 Å². The van der Waals surface area contributed by atoms with Crippen molar-refractivity contribution < 1.29 is 0 Å². The van der Waals surface area contributed by atoms with Crippen LogP contribution in [0.1, 0.15) is 13.3 Å². The Bertz CT molecular complexity index is 66.5. The Kier molecular flexibility index (Phi) is 4.68. The van der Waals surface area contributed by atoms with Gasteiger partial charge in [0.15, 0.2) is 0 Å². The highest BCUT2D eigenvalue weighted by Gasteiger charge is 1.82. The molecule has 0 heterocycles. The van der Waals surface area contributed by atoms with E-state index in [0.717, 1.165) is 12.0 Å². The molecule has 0 rings (SSSR count). The zero-order valence-electron chi connectivity index (χ0n) is 4.25. The lowest BCUT2D eigenvalue weighted by Crippen LogP contribution is -1.73. The Balaban J connectivity index is 3.17. The molecule has 42 valence electrons. The van der Waals surface area contributed by atoms with Crippen LogP contribution in [0.15, 0.2) is 11.1 Å². The lowest BCUT2D eigenvalue weighted by Gasteiger charge is -1.88. The zero-order chi connectivity index (χ0) is 5.70. The number of alkyl halides is 1. The molecule has 0 spiro atoms. The average molecular weight is 139 g/mol. The van der Waals surface area contributed by atoms with Gasteiger partial charge in [0.2, 0.25) is 0 Å². The van der Waals surface area contributed by atoms with Crippen LogP contribution in [0.4, 0.5) is 0 Å².